The van der Waals surface area contributed by atoms with Gasteiger partial charge in [0.05, 0.1) is 5.71 Å². The van der Waals surface area contributed by atoms with Gasteiger partial charge in [-0.05, 0) is 30.2 Å². The number of nitrogens with one attached hydrogen (secondary N) is 1. The van der Waals surface area contributed by atoms with E-state index >= 15 is 0 Å². The lowest BCUT2D eigenvalue weighted by molar-refractivity contribution is 1.42. The molecule has 0 saturated heterocycles. The minimum atomic E-state index is 0.960. The van der Waals surface area contributed by atoms with E-state index in [4.69, 9.17) is 0 Å². The van der Waals surface area contributed by atoms with Gasteiger partial charge in [-0.1, -0.05) is 48.5 Å². The first kappa shape index (κ1) is 13.1. The topological polar surface area (TPSA) is 24.4 Å². The second-order valence-corrected chi connectivity index (χ2v) is 4.27. The third kappa shape index (κ3) is 3.55. The standard InChI is InChI=1S/C17H18N2/c1-14-8-6-7-11-16(14)19-13-12-17(18-2)15-9-4-3-5-10-15/h3-13,19H,1-2H3/b13-12-,18-17?. The summed E-state index contributed by atoms with van der Waals surface area (Å²) in [5, 5.41) is 3.29. The summed E-state index contributed by atoms with van der Waals surface area (Å²) in [6, 6.07) is 18.4. The first-order valence-corrected chi connectivity index (χ1v) is 6.32. The molecule has 0 spiro atoms. The number of aryl methyl sites for hydroxylation is 1. The molecular formula is C17H18N2. The molecule has 0 amide bonds. The highest BCUT2D eigenvalue weighted by molar-refractivity contribution is 6.08. The molecule has 1 N–H and O–H groups in total. The van der Waals surface area contributed by atoms with E-state index in [9.17, 15) is 0 Å². The molecule has 0 heterocycles. The van der Waals surface area contributed by atoms with Gasteiger partial charge in [0.25, 0.3) is 0 Å². The van der Waals surface area contributed by atoms with Crippen LogP contribution >= 0.6 is 0 Å². The molecule has 0 bridgehead atoms. The Balaban J connectivity index is 2.08. The largest absolute Gasteiger partial charge is 0.361 e. The Kier molecular flexibility index (Phi) is 4.51. The number of rotatable bonds is 4. The molecule has 0 unspecified atom stereocenters. The molecule has 0 aromatic heterocycles. The van der Waals surface area contributed by atoms with Crippen LogP contribution in [0.25, 0.3) is 0 Å². The van der Waals surface area contributed by atoms with Crippen LogP contribution < -0.4 is 5.32 Å². The van der Waals surface area contributed by atoms with Crippen molar-refractivity contribution in [2.45, 2.75) is 6.92 Å². The lowest BCUT2D eigenvalue weighted by atomic mass is 10.1. The molecule has 0 radical (unpaired) electrons. The van der Waals surface area contributed by atoms with E-state index in [-0.39, 0.29) is 0 Å². The van der Waals surface area contributed by atoms with Gasteiger partial charge in [-0.15, -0.1) is 0 Å². The fourth-order valence-corrected chi connectivity index (χ4v) is 1.85. The molecule has 0 aliphatic carbocycles. The zero-order valence-electron chi connectivity index (χ0n) is 11.3. The lowest BCUT2D eigenvalue weighted by Gasteiger charge is -2.05. The maximum atomic E-state index is 4.30. The van der Waals surface area contributed by atoms with Crippen molar-refractivity contribution in [2.24, 2.45) is 4.99 Å². The number of benzene rings is 2. The number of hydrogen-bond acceptors (Lipinski definition) is 2. The number of hydrogen-bond donors (Lipinski definition) is 1. The van der Waals surface area contributed by atoms with Crippen LogP contribution in [0.15, 0.2) is 71.9 Å². The van der Waals surface area contributed by atoms with Crippen molar-refractivity contribution >= 4 is 11.4 Å². The summed E-state index contributed by atoms with van der Waals surface area (Å²) >= 11 is 0. The minimum absolute atomic E-state index is 0.960. The van der Waals surface area contributed by atoms with Crippen LogP contribution in [0.2, 0.25) is 0 Å². The van der Waals surface area contributed by atoms with E-state index in [0.717, 1.165) is 17.0 Å². The Hall–Kier alpha value is -2.35. The van der Waals surface area contributed by atoms with Crippen molar-refractivity contribution in [3.8, 4) is 0 Å². The summed E-state index contributed by atoms with van der Waals surface area (Å²) in [6.07, 6.45) is 3.92. The average Bonchev–Trinajstić information content (AvgIpc) is 2.46. The Bertz CT molecular complexity index is 583. The SMILES string of the molecule is CN=C(/C=C\Nc1ccccc1C)c1ccccc1. The second kappa shape index (κ2) is 6.55. The zero-order chi connectivity index (χ0) is 13.5. The summed E-state index contributed by atoms with van der Waals surface area (Å²) < 4.78 is 0. The highest BCUT2D eigenvalue weighted by Crippen LogP contribution is 2.13. The number of anilines is 1. The van der Waals surface area contributed by atoms with Gasteiger partial charge in [-0.2, -0.15) is 0 Å². The molecule has 2 rings (SSSR count). The second-order valence-electron chi connectivity index (χ2n) is 4.27. The minimum Gasteiger partial charge on any atom is -0.361 e. The van der Waals surface area contributed by atoms with Gasteiger partial charge in [-0.3, -0.25) is 4.99 Å². The zero-order valence-corrected chi connectivity index (χ0v) is 11.3. The molecule has 96 valence electrons. The molecule has 0 fully saturated rings. The summed E-state index contributed by atoms with van der Waals surface area (Å²) in [5.74, 6) is 0. The highest BCUT2D eigenvalue weighted by atomic mass is 14.8. The Morgan fingerprint density at radius 3 is 2.37 bits per heavy atom. The van der Waals surface area contributed by atoms with Gasteiger partial charge in [0.15, 0.2) is 0 Å². The van der Waals surface area contributed by atoms with E-state index < -0.39 is 0 Å². The first-order chi connectivity index (χ1) is 9.31. The van der Waals surface area contributed by atoms with Gasteiger partial charge in [0.2, 0.25) is 0 Å². The predicted molar refractivity (Wildman–Crippen MR) is 82.8 cm³/mol. The molecule has 2 nitrogen and oxygen atoms in total. The molecule has 2 aromatic carbocycles. The van der Waals surface area contributed by atoms with E-state index in [2.05, 4.69) is 41.5 Å². The lowest BCUT2D eigenvalue weighted by Crippen LogP contribution is -1.98. The van der Waals surface area contributed by atoms with Gasteiger partial charge >= 0.3 is 0 Å². The quantitative estimate of drug-likeness (QED) is 0.814. The normalized spacial score (nSPS) is 11.8. The van der Waals surface area contributed by atoms with Gasteiger partial charge in [0.1, 0.15) is 0 Å². The molecule has 2 heteroatoms. The van der Waals surface area contributed by atoms with E-state index in [1.165, 1.54) is 5.56 Å². The monoisotopic (exact) mass is 250 g/mol. The summed E-state index contributed by atoms with van der Waals surface area (Å²) in [5.41, 5.74) is 4.42. The van der Waals surface area contributed by atoms with Crippen LogP contribution in [0.5, 0.6) is 0 Å². The van der Waals surface area contributed by atoms with Crippen molar-refractivity contribution in [1.82, 2.24) is 0 Å². The molecule has 0 aliphatic rings. The fourth-order valence-electron chi connectivity index (χ4n) is 1.85. The number of aliphatic imine (C=N–C) groups is 1. The van der Waals surface area contributed by atoms with Crippen molar-refractivity contribution < 1.29 is 0 Å². The van der Waals surface area contributed by atoms with Gasteiger partial charge in [0, 0.05) is 18.9 Å². The molecule has 2 aromatic rings. The van der Waals surface area contributed by atoms with Crippen molar-refractivity contribution in [1.29, 1.82) is 0 Å². The fraction of sp³-hybridized carbons (Fsp3) is 0.118. The third-order valence-electron chi connectivity index (χ3n) is 2.94. The summed E-state index contributed by atoms with van der Waals surface area (Å²) in [4.78, 5) is 4.30. The van der Waals surface area contributed by atoms with Crippen LogP contribution in [-0.4, -0.2) is 12.8 Å². The maximum absolute atomic E-state index is 4.30. The predicted octanol–water partition coefficient (Wildman–Crippen LogP) is 4.04. The van der Waals surface area contributed by atoms with Crippen molar-refractivity contribution in [3.05, 3.63) is 78.0 Å². The molecular weight excluding hydrogens is 232 g/mol. The number of allylic oxidation sites excluding steroid dienone is 1. The van der Waals surface area contributed by atoms with E-state index in [1.54, 1.807) is 7.05 Å². The number of para-hydroxylation sites is 1. The summed E-state index contributed by atoms with van der Waals surface area (Å²) in [7, 11) is 1.81. The van der Waals surface area contributed by atoms with Gasteiger partial charge < -0.3 is 5.32 Å². The molecule has 0 atom stereocenters. The Morgan fingerprint density at radius 2 is 1.68 bits per heavy atom. The number of nitrogens with zero attached hydrogens (tertiary/aromatic N) is 1. The molecule has 0 aliphatic heterocycles. The average molecular weight is 250 g/mol. The Labute approximate surface area is 114 Å². The smallest absolute Gasteiger partial charge is 0.0657 e. The summed E-state index contributed by atoms with van der Waals surface area (Å²) in [6.45, 7) is 2.09. The molecule has 19 heavy (non-hydrogen) atoms. The van der Waals surface area contributed by atoms with E-state index in [1.807, 2.05) is 42.6 Å². The van der Waals surface area contributed by atoms with Crippen LogP contribution in [0.4, 0.5) is 5.69 Å². The maximum Gasteiger partial charge on any atom is 0.0657 e. The van der Waals surface area contributed by atoms with Crippen LogP contribution in [-0.2, 0) is 0 Å². The first-order valence-electron chi connectivity index (χ1n) is 6.32. The van der Waals surface area contributed by atoms with E-state index in [0.29, 0.717) is 0 Å². The highest BCUT2D eigenvalue weighted by Gasteiger charge is 1.97. The van der Waals surface area contributed by atoms with Crippen LogP contribution in [0, 0.1) is 6.92 Å². The van der Waals surface area contributed by atoms with Crippen LogP contribution in [0.1, 0.15) is 11.1 Å². The van der Waals surface area contributed by atoms with Crippen molar-refractivity contribution in [3.63, 3.8) is 0 Å². The van der Waals surface area contributed by atoms with Crippen LogP contribution in [0.3, 0.4) is 0 Å². The van der Waals surface area contributed by atoms with Crippen molar-refractivity contribution in [2.75, 3.05) is 12.4 Å². The third-order valence-corrected chi connectivity index (χ3v) is 2.94. The Morgan fingerprint density at radius 1 is 1.00 bits per heavy atom. The molecule has 0 saturated carbocycles. The van der Waals surface area contributed by atoms with Gasteiger partial charge in [-0.25, -0.2) is 0 Å².